The number of hydrogen-bond donors (Lipinski definition) is 0. The lowest BCUT2D eigenvalue weighted by molar-refractivity contribution is 0.284. The zero-order valence-electron chi connectivity index (χ0n) is 11.3. The molecule has 2 heterocycles. The van der Waals surface area contributed by atoms with E-state index in [9.17, 15) is 0 Å². The summed E-state index contributed by atoms with van der Waals surface area (Å²) in [4.78, 5) is 11.3. The van der Waals surface area contributed by atoms with Crippen molar-refractivity contribution in [3.63, 3.8) is 0 Å². The Morgan fingerprint density at radius 3 is 2.67 bits per heavy atom. The minimum atomic E-state index is 0.409. The van der Waals surface area contributed by atoms with E-state index in [0.717, 1.165) is 29.2 Å². The van der Waals surface area contributed by atoms with Gasteiger partial charge in [-0.05, 0) is 40.1 Å². The Morgan fingerprint density at radius 1 is 1.33 bits per heavy atom. The summed E-state index contributed by atoms with van der Waals surface area (Å²) in [6, 6.07) is 4.39. The van der Waals surface area contributed by atoms with Crippen LogP contribution in [0.25, 0.3) is 11.2 Å². The number of alkyl halides is 1. The topological polar surface area (TPSA) is 34.0 Å². The van der Waals surface area contributed by atoms with Gasteiger partial charge in [0.15, 0.2) is 5.65 Å². The number of pyridine rings is 1. The van der Waals surface area contributed by atoms with Gasteiger partial charge in [-0.1, -0.05) is 0 Å². The molecule has 0 aliphatic carbocycles. The van der Waals surface area contributed by atoms with E-state index in [0.29, 0.717) is 11.9 Å². The predicted octanol–water partition coefficient (Wildman–Crippen LogP) is 2.43. The SMILES string of the molecule is Cc1ccc2nc(CCl)n(CC(C)N(C)C)c2n1. The number of imidazole rings is 1. The molecule has 98 valence electrons. The molecule has 0 aliphatic rings. The number of aryl methyl sites for hydroxylation is 1. The molecule has 0 spiro atoms. The third kappa shape index (κ3) is 2.49. The number of fused-ring (bicyclic) bond motifs is 1. The summed E-state index contributed by atoms with van der Waals surface area (Å²) in [7, 11) is 4.14. The quantitative estimate of drug-likeness (QED) is 0.797. The van der Waals surface area contributed by atoms with Crippen LogP contribution in [0.4, 0.5) is 0 Å². The Morgan fingerprint density at radius 2 is 2.06 bits per heavy atom. The summed E-state index contributed by atoms with van der Waals surface area (Å²) in [6.45, 7) is 5.02. The lowest BCUT2D eigenvalue weighted by Crippen LogP contribution is -2.29. The highest BCUT2D eigenvalue weighted by atomic mass is 35.5. The Kier molecular flexibility index (Phi) is 3.88. The van der Waals surface area contributed by atoms with Gasteiger partial charge >= 0.3 is 0 Å². The molecule has 5 heteroatoms. The highest BCUT2D eigenvalue weighted by molar-refractivity contribution is 6.16. The van der Waals surface area contributed by atoms with E-state index in [1.54, 1.807) is 0 Å². The number of likely N-dealkylation sites (N-methyl/N-ethyl adjacent to an activating group) is 1. The number of aromatic nitrogens is 3. The van der Waals surface area contributed by atoms with E-state index in [-0.39, 0.29) is 0 Å². The molecule has 0 bridgehead atoms. The van der Waals surface area contributed by atoms with Crippen LogP contribution in [0.15, 0.2) is 12.1 Å². The highest BCUT2D eigenvalue weighted by Crippen LogP contribution is 2.17. The second-order valence-corrected chi connectivity index (χ2v) is 5.15. The Bertz CT molecular complexity index is 547. The number of rotatable bonds is 4. The molecule has 0 fully saturated rings. The minimum Gasteiger partial charge on any atom is -0.310 e. The van der Waals surface area contributed by atoms with E-state index in [1.807, 2.05) is 19.1 Å². The fourth-order valence-corrected chi connectivity index (χ4v) is 2.07. The van der Waals surface area contributed by atoms with Crippen molar-refractivity contribution >= 4 is 22.8 Å². The molecule has 0 aromatic carbocycles. The van der Waals surface area contributed by atoms with Gasteiger partial charge in [-0.2, -0.15) is 0 Å². The molecule has 0 N–H and O–H groups in total. The molecule has 18 heavy (non-hydrogen) atoms. The zero-order valence-corrected chi connectivity index (χ0v) is 12.1. The average molecular weight is 267 g/mol. The van der Waals surface area contributed by atoms with Gasteiger partial charge in [-0.3, -0.25) is 0 Å². The molecular weight excluding hydrogens is 248 g/mol. The van der Waals surface area contributed by atoms with Gasteiger partial charge in [0.25, 0.3) is 0 Å². The number of halogens is 1. The normalized spacial score (nSPS) is 13.4. The maximum absolute atomic E-state index is 5.98. The van der Waals surface area contributed by atoms with Crippen molar-refractivity contribution in [1.82, 2.24) is 19.4 Å². The van der Waals surface area contributed by atoms with Crippen LogP contribution in [0.5, 0.6) is 0 Å². The zero-order chi connectivity index (χ0) is 13.3. The Hall–Kier alpha value is -1.13. The molecule has 1 atom stereocenters. The van der Waals surface area contributed by atoms with E-state index in [1.165, 1.54) is 0 Å². The van der Waals surface area contributed by atoms with E-state index in [2.05, 4.69) is 40.5 Å². The van der Waals surface area contributed by atoms with Crippen LogP contribution in [0, 0.1) is 6.92 Å². The second kappa shape index (κ2) is 5.24. The average Bonchev–Trinajstić information content (AvgIpc) is 2.67. The molecule has 2 aromatic heterocycles. The summed E-state index contributed by atoms with van der Waals surface area (Å²) >= 11 is 5.98. The molecule has 0 amide bonds. The van der Waals surface area contributed by atoms with Crippen molar-refractivity contribution < 1.29 is 0 Å². The van der Waals surface area contributed by atoms with Gasteiger partial charge in [0, 0.05) is 18.3 Å². The van der Waals surface area contributed by atoms with Crippen molar-refractivity contribution in [1.29, 1.82) is 0 Å². The molecule has 2 rings (SSSR count). The van der Waals surface area contributed by atoms with Gasteiger partial charge in [0.2, 0.25) is 0 Å². The van der Waals surface area contributed by atoms with Crippen molar-refractivity contribution in [2.24, 2.45) is 0 Å². The van der Waals surface area contributed by atoms with Crippen LogP contribution in [0.1, 0.15) is 18.4 Å². The maximum atomic E-state index is 5.98. The Balaban J connectivity index is 2.48. The predicted molar refractivity (Wildman–Crippen MR) is 75.0 cm³/mol. The first-order chi connectivity index (χ1) is 8.52. The number of hydrogen-bond acceptors (Lipinski definition) is 3. The van der Waals surface area contributed by atoms with Crippen molar-refractivity contribution in [2.45, 2.75) is 32.3 Å². The van der Waals surface area contributed by atoms with Crippen LogP contribution < -0.4 is 0 Å². The molecular formula is C13H19ClN4. The first kappa shape index (κ1) is 13.3. The largest absolute Gasteiger partial charge is 0.310 e. The van der Waals surface area contributed by atoms with Crippen LogP contribution in [-0.2, 0) is 12.4 Å². The summed E-state index contributed by atoms with van der Waals surface area (Å²) in [6.07, 6.45) is 0. The van der Waals surface area contributed by atoms with Gasteiger partial charge in [0.1, 0.15) is 11.3 Å². The molecule has 1 unspecified atom stereocenters. The van der Waals surface area contributed by atoms with Crippen LogP contribution in [-0.4, -0.2) is 39.6 Å². The van der Waals surface area contributed by atoms with Crippen molar-refractivity contribution in [3.05, 3.63) is 23.7 Å². The minimum absolute atomic E-state index is 0.409. The lowest BCUT2D eigenvalue weighted by atomic mass is 10.3. The third-order valence-electron chi connectivity index (χ3n) is 3.26. The van der Waals surface area contributed by atoms with E-state index in [4.69, 9.17) is 11.6 Å². The van der Waals surface area contributed by atoms with Crippen molar-refractivity contribution in [3.8, 4) is 0 Å². The molecule has 4 nitrogen and oxygen atoms in total. The molecule has 2 aromatic rings. The molecule has 0 saturated carbocycles. The first-order valence-electron chi connectivity index (χ1n) is 6.08. The van der Waals surface area contributed by atoms with Gasteiger partial charge in [0.05, 0.1) is 5.88 Å². The maximum Gasteiger partial charge on any atom is 0.160 e. The van der Waals surface area contributed by atoms with E-state index >= 15 is 0 Å². The van der Waals surface area contributed by atoms with E-state index < -0.39 is 0 Å². The first-order valence-corrected chi connectivity index (χ1v) is 6.61. The second-order valence-electron chi connectivity index (χ2n) is 4.88. The Labute approximate surface area is 113 Å². The van der Waals surface area contributed by atoms with Gasteiger partial charge in [-0.15, -0.1) is 11.6 Å². The van der Waals surface area contributed by atoms with Crippen LogP contribution in [0.2, 0.25) is 0 Å². The number of nitrogens with zero attached hydrogens (tertiary/aromatic N) is 4. The van der Waals surface area contributed by atoms with Gasteiger partial charge < -0.3 is 9.47 Å². The highest BCUT2D eigenvalue weighted by Gasteiger charge is 2.14. The van der Waals surface area contributed by atoms with Crippen LogP contribution >= 0.6 is 11.6 Å². The third-order valence-corrected chi connectivity index (χ3v) is 3.50. The summed E-state index contributed by atoms with van der Waals surface area (Å²) in [5.41, 5.74) is 2.85. The lowest BCUT2D eigenvalue weighted by Gasteiger charge is -2.21. The smallest absolute Gasteiger partial charge is 0.160 e. The fraction of sp³-hybridized carbons (Fsp3) is 0.538. The summed E-state index contributed by atoms with van der Waals surface area (Å²) < 4.78 is 2.12. The fourth-order valence-electron chi connectivity index (χ4n) is 1.86. The monoisotopic (exact) mass is 266 g/mol. The summed E-state index contributed by atoms with van der Waals surface area (Å²) in [5.74, 6) is 1.30. The molecule has 0 aliphatic heterocycles. The van der Waals surface area contributed by atoms with Crippen LogP contribution in [0.3, 0.4) is 0 Å². The standard InChI is InChI=1S/C13H19ClN4/c1-9-5-6-11-13(15-9)18(12(7-14)16-11)8-10(2)17(3)4/h5-6,10H,7-8H2,1-4H3. The summed E-state index contributed by atoms with van der Waals surface area (Å²) in [5, 5.41) is 0. The molecule has 0 saturated heterocycles. The van der Waals surface area contributed by atoms with Gasteiger partial charge in [-0.25, -0.2) is 9.97 Å². The molecule has 0 radical (unpaired) electrons. The van der Waals surface area contributed by atoms with Crippen molar-refractivity contribution in [2.75, 3.05) is 14.1 Å².